The second-order valence-electron chi connectivity index (χ2n) is 21.1. The molecule has 1 amide bonds. The van der Waals surface area contributed by atoms with Crippen LogP contribution in [0.2, 0.25) is 16.6 Å². The summed E-state index contributed by atoms with van der Waals surface area (Å²) in [7, 11) is -1.05. The third kappa shape index (κ3) is 9.98. The van der Waals surface area contributed by atoms with Crippen LogP contribution in [0.1, 0.15) is 91.8 Å². The molecule has 2 aliphatic heterocycles. The third-order valence-electron chi connectivity index (χ3n) is 15.0. The summed E-state index contributed by atoms with van der Waals surface area (Å²) in [6.07, 6.45) is -4.88. The summed E-state index contributed by atoms with van der Waals surface area (Å²) in [5.41, 5.74) is 4.07. The van der Waals surface area contributed by atoms with E-state index in [4.69, 9.17) is 19.2 Å². The molecule has 0 aliphatic carbocycles. The van der Waals surface area contributed by atoms with Gasteiger partial charge < -0.3 is 24.2 Å². The predicted octanol–water partition coefficient (Wildman–Crippen LogP) is 14.1. The number of alkyl halides is 3. The smallest absolute Gasteiger partial charge is 0.422 e. The lowest BCUT2D eigenvalue weighted by Crippen LogP contribution is -2.68. The SMILES string of the molecule is COCOc1cc(-c2c(N=C(c3ccccc3)c3ccccc3)cc3c(N4C[C@@H]5CC[C@@](C(C)(C)C)(C4)N5C(=O)O)nc(OCC(F)(F)F)nc3c2F)c2c(C#C[Si](C(C)C)(C(C)C)C(C)C)c(F)ccc2c1. The van der Waals surface area contributed by atoms with E-state index >= 15 is 8.78 Å². The number of methoxy groups -OCH3 is 1. The van der Waals surface area contributed by atoms with E-state index in [1.54, 1.807) is 29.2 Å². The summed E-state index contributed by atoms with van der Waals surface area (Å²) in [5, 5.41) is 11.4. The van der Waals surface area contributed by atoms with Crippen molar-refractivity contribution >= 4 is 53.1 Å². The van der Waals surface area contributed by atoms with E-state index < -0.39 is 67.1 Å². The van der Waals surface area contributed by atoms with E-state index in [1.165, 1.54) is 18.1 Å². The number of carbonyl (C=O) groups is 1. The highest BCUT2D eigenvalue weighted by molar-refractivity contribution is 6.90. The van der Waals surface area contributed by atoms with Gasteiger partial charge in [0.05, 0.1) is 28.5 Å². The predicted molar refractivity (Wildman–Crippen MR) is 280 cm³/mol. The molecule has 73 heavy (non-hydrogen) atoms. The van der Waals surface area contributed by atoms with Crippen molar-refractivity contribution in [3.63, 3.8) is 0 Å². The number of benzene rings is 5. The van der Waals surface area contributed by atoms with Crippen LogP contribution in [0.5, 0.6) is 11.8 Å². The van der Waals surface area contributed by atoms with Gasteiger partial charge in [-0.25, -0.2) is 18.6 Å². The second-order valence-corrected chi connectivity index (χ2v) is 26.7. The first kappa shape index (κ1) is 52.7. The van der Waals surface area contributed by atoms with Crippen LogP contribution in [0.4, 0.5) is 38.3 Å². The maximum absolute atomic E-state index is 19.0. The highest BCUT2D eigenvalue weighted by Crippen LogP contribution is 2.52. The quantitative estimate of drug-likeness (QED) is 0.0401. The number of piperazine rings is 1. The summed E-state index contributed by atoms with van der Waals surface area (Å²) in [4.78, 5) is 30.7. The van der Waals surface area contributed by atoms with Crippen molar-refractivity contribution in [2.45, 2.75) is 110 Å². The monoisotopic (exact) mass is 1020 g/mol. The van der Waals surface area contributed by atoms with Crippen LogP contribution >= 0.6 is 0 Å². The number of carboxylic acid groups (broad SMARTS) is 1. The minimum Gasteiger partial charge on any atom is -0.468 e. The summed E-state index contributed by atoms with van der Waals surface area (Å²) in [5.74, 6) is 1.95. The second kappa shape index (κ2) is 20.4. The molecule has 2 fully saturated rings. The lowest BCUT2D eigenvalue weighted by atomic mass is 9.71. The molecule has 384 valence electrons. The molecule has 2 saturated heterocycles. The van der Waals surface area contributed by atoms with Gasteiger partial charge in [-0.2, -0.15) is 23.1 Å². The lowest BCUT2D eigenvalue weighted by molar-refractivity contribution is -0.154. The molecule has 2 bridgehead atoms. The van der Waals surface area contributed by atoms with Crippen LogP contribution in [-0.4, -0.2) is 91.2 Å². The Balaban J connectivity index is 1.54. The molecule has 0 unspecified atom stereocenters. The van der Waals surface area contributed by atoms with Crippen LogP contribution in [0.3, 0.4) is 0 Å². The zero-order chi connectivity index (χ0) is 52.8. The molecule has 0 saturated carbocycles. The minimum atomic E-state index is -4.81. The number of aliphatic imine (C=N–C) groups is 1. The number of nitrogens with zero attached hydrogens (tertiary/aromatic N) is 5. The number of anilines is 1. The van der Waals surface area contributed by atoms with Gasteiger partial charge in [-0.15, -0.1) is 5.54 Å². The van der Waals surface area contributed by atoms with Crippen LogP contribution in [0, 0.1) is 28.5 Å². The van der Waals surface area contributed by atoms with Gasteiger partial charge in [-0.3, -0.25) is 4.90 Å². The Labute approximate surface area is 424 Å². The van der Waals surface area contributed by atoms with Crippen molar-refractivity contribution in [3.05, 3.63) is 119 Å². The fourth-order valence-corrected chi connectivity index (χ4v) is 16.8. The van der Waals surface area contributed by atoms with Crippen molar-refractivity contribution in [2.75, 3.05) is 38.5 Å². The Bertz CT molecular complexity index is 3070. The Hall–Kier alpha value is -6.57. The molecule has 16 heteroatoms. The maximum atomic E-state index is 19.0. The van der Waals surface area contributed by atoms with Gasteiger partial charge in [0.2, 0.25) is 0 Å². The molecular weight excluding hydrogens is 958 g/mol. The average molecular weight is 1020 g/mol. The molecule has 1 aromatic heterocycles. The molecular formula is C57H62F5N5O5Si. The number of halogens is 5. The van der Waals surface area contributed by atoms with E-state index in [1.807, 2.05) is 81.4 Å². The van der Waals surface area contributed by atoms with Gasteiger partial charge in [0.1, 0.15) is 31.0 Å². The van der Waals surface area contributed by atoms with Gasteiger partial charge in [0.15, 0.2) is 19.2 Å². The standard InChI is InChI=1S/C57H62F5N5O5Si/c1-34(2)73(35(3)4,36(5)6)26-24-42-45(58)22-21-39-27-41(72-33-70-10)28-43(47(39)42)48-46(63-50(37-17-13-11-14-18-37)38-19-15-12-16-20-38)29-44-51(49(48)59)64-53(71-32-57(60,61)62)65-52(44)66-30-40-23-25-56(31-66,55(7,8)9)67(40)54(68)69/h11-22,27-29,34-36,40H,23,25,30-33H2,1-10H3,(H,68,69)/t40-,56-/m0/s1. The minimum absolute atomic E-state index is 0.0298. The Kier molecular flexibility index (Phi) is 14.7. The molecule has 0 spiro atoms. The molecule has 3 heterocycles. The van der Waals surface area contributed by atoms with Crippen LogP contribution < -0.4 is 14.4 Å². The number of hydrogen-bond acceptors (Lipinski definition) is 8. The number of fused-ring (bicyclic) bond motifs is 4. The number of aromatic nitrogens is 2. The highest BCUT2D eigenvalue weighted by Gasteiger charge is 2.59. The zero-order valence-corrected chi connectivity index (χ0v) is 43.9. The van der Waals surface area contributed by atoms with E-state index in [9.17, 15) is 23.1 Å². The number of amides is 1. The Morgan fingerprint density at radius 2 is 1.52 bits per heavy atom. The molecule has 8 rings (SSSR count). The number of ether oxygens (including phenoxy) is 3. The summed E-state index contributed by atoms with van der Waals surface area (Å²) < 4.78 is 94.4. The topological polar surface area (TPSA) is 110 Å². The molecule has 6 aromatic rings. The highest BCUT2D eigenvalue weighted by atomic mass is 28.3. The lowest BCUT2D eigenvalue weighted by Gasteiger charge is -2.54. The summed E-state index contributed by atoms with van der Waals surface area (Å²) >= 11 is 0. The summed E-state index contributed by atoms with van der Waals surface area (Å²) in [6.45, 7) is 17.0. The fraction of sp³-hybridized carbons (Fsp3) is 0.404. The van der Waals surface area contributed by atoms with Crippen LogP contribution in [0.25, 0.3) is 32.8 Å². The Morgan fingerprint density at radius 1 is 0.890 bits per heavy atom. The number of rotatable bonds is 13. The van der Waals surface area contributed by atoms with Crippen LogP contribution in [-0.2, 0) is 4.74 Å². The summed E-state index contributed by atoms with van der Waals surface area (Å²) in [6, 6.07) is 25.1. The zero-order valence-electron chi connectivity index (χ0n) is 42.9. The molecule has 10 nitrogen and oxygen atoms in total. The van der Waals surface area contributed by atoms with Crippen molar-refractivity contribution in [1.82, 2.24) is 14.9 Å². The van der Waals surface area contributed by atoms with Gasteiger partial charge in [-0.05, 0) is 70.1 Å². The molecule has 1 N–H and O–H groups in total. The first-order valence-electron chi connectivity index (χ1n) is 24.6. The Morgan fingerprint density at radius 3 is 2.08 bits per heavy atom. The molecule has 0 radical (unpaired) electrons. The van der Waals surface area contributed by atoms with E-state index in [-0.39, 0.29) is 81.2 Å². The van der Waals surface area contributed by atoms with Crippen molar-refractivity contribution in [2.24, 2.45) is 10.4 Å². The molecule has 5 aromatic carbocycles. The number of hydrogen-bond donors (Lipinski definition) is 1. The molecule has 2 aliphatic rings. The first-order chi connectivity index (χ1) is 34.5. The first-order valence-corrected chi connectivity index (χ1v) is 26.9. The van der Waals surface area contributed by atoms with Gasteiger partial charge in [0.25, 0.3) is 0 Å². The fourth-order valence-electron chi connectivity index (χ4n) is 11.6. The van der Waals surface area contributed by atoms with Gasteiger partial charge in [0, 0.05) is 47.7 Å². The van der Waals surface area contributed by atoms with Crippen molar-refractivity contribution in [1.29, 1.82) is 0 Å². The normalized spacial score (nSPS) is 17.2. The van der Waals surface area contributed by atoms with Gasteiger partial charge >= 0.3 is 18.3 Å². The largest absolute Gasteiger partial charge is 0.468 e. The van der Waals surface area contributed by atoms with E-state index in [2.05, 4.69) is 63.0 Å². The molecule has 2 atom stereocenters. The van der Waals surface area contributed by atoms with Crippen molar-refractivity contribution in [3.8, 4) is 34.4 Å². The van der Waals surface area contributed by atoms with Gasteiger partial charge in [-0.1, -0.05) is 135 Å². The average Bonchev–Trinajstić information content (AvgIpc) is 3.59. The van der Waals surface area contributed by atoms with Crippen LogP contribution in [0.15, 0.2) is 96.0 Å². The third-order valence-corrected chi connectivity index (χ3v) is 21.3. The van der Waals surface area contributed by atoms with Crippen molar-refractivity contribution < 1.29 is 46.1 Å². The van der Waals surface area contributed by atoms with E-state index in [0.29, 0.717) is 35.1 Å². The maximum Gasteiger partial charge on any atom is 0.422 e. The van der Waals surface area contributed by atoms with E-state index in [0.717, 1.165) is 0 Å².